The van der Waals surface area contributed by atoms with Gasteiger partial charge in [0.25, 0.3) is 0 Å². The molecule has 9 heteroatoms. The molecule has 0 radical (unpaired) electrons. The molecule has 8 nitrogen and oxygen atoms in total. The summed E-state index contributed by atoms with van der Waals surface area (Å²) >= 11 is 0. The number of fused-ring (bicyclic) bond motifs is 4. The van der Waals surface area contributed by atoms with E-state index in [1.54, 1.807) is 4.90 Å². The minimum Gasteiger partial charge on any atom is -0.464 e. The molecule has 38 heavy (non-hydrogen) atoms. The van der Waals surface area contributed by atoms with Gasteiger partial charge in [-0.1, -0.05) is 69.8 Å². The van der Waals surface area contributed by atoms with E-state index in [4.69, 9.17) is 14.2 Å². The molecule has 2 aliphatic rings. The molecule has 3 atom stereocenters. The van der Waals surface area contributed by atoms with Crippen LogP contribution in [-0.2, 0) is 30.4 Å². The van der Waals surface area contributed by atoms with Gasteiger partial charge in [0, 0.05) is 21.0 Å². The largest absolute Gasteiger partial charge is 0.464 e. The predicted octanol–water partition coefficient (Wildman–Crippen LogP) is 5.15. The Morgan fingerprint density at radius 2 is 2.05 bits per heavy atom. The first kappa shape index (κ1) is 29.9. The van der Waals surface area contributed by atoms with E-state index in [2.05, 4.69) is 43.2 Å². The first-order valence-corrected chi connectivity index (χ1v) is 17.6. The fourth-order valence-corrected chi connectivity index (χ4v) is 5.29. The molecule has 1 aromatic rings. The summed E-state index contributed by atoms with van der Waals surface area (Å²) in [5, 5.41) is 2.76. The van der Waals surface area contributed by atoms with Crippen molar-refractivity contribution < 1.29 is 28.6 Å². The Morgan fingerprint density at radius 1 is 1.24 bits per heavy atom. The van der Waals surface area contributed by atoms with Crippen LogP contribution in [0, 0.1) is 0 Å². The molecule has 2 heterocycles. The number of ether oxygens (including phenoxy) is 3. The van der Waals surface area contributed by atoms with Crippen molar-refractivity contribution >= 4 is 32.1 Å². The highest BCUT2D eigenvalue weighted by Gasteiger charge is 2.43. The summed E-state index contributed by atoms with van der Waals surface area (Å²) in [6, 6.07) is 7.45. The van der Waals surface area contributed by atoms with Crippen molar-refractivity contribution in [2.75, 3.05) is 19.8 Å². The molecule has 2 aliphatic heterocycles. The lowest BCUT2D eigenvalue weighted by Gasteiger charge is -2.28. The van der Waals surface area contributed by atoms with E-state index in [1.807, 2.05) is 25.1 Å². The molecule has 210 valence electrons. The monoisotopic (exact) mass is 544 g/mol. The number of amides is 2. The summed E-state index contributed by atoms with van der Waals surface area (Å²) in [7, 11) is -1.38. The Labute approximate surface area is 228 Å². The first-order chi connectivity index (χ1) is 18.2. The van der Waals surface area contributed by atoms with Gasteiger partial charge in [0.05, 0.1) is 25.9 Å². The molecule has 0 aliphatic carbocycles. The van der Waals surface area contributed by atoms with E-state index in [0.29, 0.717) is 32.5 Å². The highest BCUT2D eigenvalue weighted by atomic mass is 28.3. The van der Waals surface area contributed by atoms with Crippen molar-refractivity contribution in [3.05, 3.63) is 41.5 Å². The van der Waals surface area contributed by atoms with E-state index in [-0.39, 0.29) is 25.2 Å². The topological polar surface area (TPSA) is 94.2 Å². The second-order valence-electron chi connectivity index (χ2n) is 11.4. The average Bonchev–Trinajstić information content (AvgIpc) is 3.30. The fourth-order valence-electron chi connectivity index (χ4n) is 4.58. The molecular weight excluding hydrogens is 500 g/mol. The number of carbonyl (C=O) groups excluding carboxylic acids is 3. The molecule has 4 bridgehead atoms. The SMILES string of the molecule is CCCC[C@@H]1NC(=O)OCCC/C=C\c2cccc(c2)CO[C@@H]2C[C@@H](C(=O)OCC[Si](C)(C)C)N(C2)C1=O. The first-order valence-electron chi connectivity index (χ1n) is 13.9. The van der Waals surface area contributed by atoms with Crippen molar-refractivity contribution in [3.63, 3.8) is 0 Å². The fraction of sp³-hybridized carbons (Fsp3) is 0.621. The van der Waals surface area contributed by atoms with Crippen LogP contribution in [0.3, 0.4) is 0 Å². The number of unbranched alkanes of at least 4 members (excludes halogenated alkanes) is 1. The highest BCUT2D eigenvalue weighted by Crippen LogP contribution is 2.25. The highest BCUT2D eigenvalue weighted by molar-refractivity contribution is 6.76. The number of cyclic esters (lactones) is 1. The molecule has 1 aromatic carbocycles. The number of hydrogen-bond acceptors (Lipinski definition) is 6. The summed E-state index contributed by atoms with van der Waals surface area (Å²) in [5.41, 5.74) is 2.10. The quantitative estimate of drug-likeness (QED) is 0.377. The molecule has 1 N–H and O–H groups in total. The zero-order chi connectivity index (χ0) is 27.5. The summed E-state index contributed by atoms with van der Waals surface area (Å²) in [5.74, 6) is -0.697. The molecule has 0 unspecified atom stereocenters. The number of allylic oxidation sites excluding steroid dienone is 1. The zero-order valence-corrected chi connectivity index (χ0v) is 24.4. The van der Waals surface area contributed by atoms with E-state index in [0.717, 1.165) is 36.4 Å². The third-order valence-electron chi connectivity index (χ3n) is 6.85. The number of carbonyl (C=O) groups is 3. The number of nitrogens with one attached hydrogen (secondary N) is 1. The number of benzene rings is 1. The van der Waals surface area contributed by atoms with Gasteiger partial charge in [0.15, 0.2) is 0 Å². The maximum atomic E-state index is 13.7. The molecule has 0 aromatic heterocycles. The van der Waals surface area contributed by atoms with Gasteiger partial charge in [-0.05, 0) is 42.5 Å². The minimum atomic E-state index is -1.38. The van der Waals surface area contributed by atoms with E-state index >= 15 is 0 Å². The summed E-state index contributed by atoms with van der Waals surface area (Å²) in [6.45, 7) is 9.98. The third kappa shape index (κ3) is 9.58. The molecule has 3 rings (SSSR count). The van der Waals surface area contributed by atoms with Crippen LogP contribution < -0.4 is 5.32 Å². The summed E-state index contributed by atoms with van der Waals surface area (Å²) in [4.78, 5) is 41.0. The molecule has 1 saturated heterocycles. The average molecular weight is 545 g/mol. The van der Waals surface area contributed by atoms with Gasteiger partial charge in [0.2, 0.25) is 5.91 Å². The Balaban J connectivity index is 1.82. The van der Waals surface area contributed by atoms with Gasteiger partial charge in [-0.2, -0.15) is 0 Å². The number of esters is 1. The van der Waals surface area contributed by atoms with Crippen molar-refractivity contribution in [1.29, 1.82) is 0 Å². The smallest absolute Gasteiger partial charge is 0.407 e. The third-order valence-corrected chi connectivity index (χ3v) is 8.55. The predicted molar refractivity (Wildman–Crippen MR) is 150 cm³/mol. The van der Waals surface area contributed by atoms with Gasteiger partial charge in [0.1, 0.15) is 12.1 Å². The number of rotatable bonds is 7. The summed E-state index contributed by atoms with van der Waals surface area (Å²) in [6.07, 6.45) is 7.10. The Bertz CT molecular complexity index is 976. The van der Waals surface area contributed by atoms with Gasteiger partial charge in [-0.15, -0.1) is 0 Å². The van der Waals surface area contributed by atoms with Crippen LogP contribution in [-0.4, -0.2) is 68.9 Å². The van der Waals surface area contributed by atoms with Gasteiger partial charge < -0.3 is 24.4 Å². The van der Waals surface area contributed by atoms with Gasteiger partial charge in [-0.25, -0.2) is 9.59 Å². The van der Waals surface area contributed by atoms with Crippen LogP contribution in [0.25, 0.3) is 6.08 Å². The van der Waals surface area contributed by atoms with Gasteiger partial charge >= 0.3 is 12.1 Å². The number of nitrogens with zero attached hydrogens (tertiary/aromatic N) is 1. The lowest BCUT2D eigenvalue weighted by atomic mass is 10.1. The van der Waals surface area contributed by atoms with Crippen molar-refractivity contribution in [1.82, 2.24) is 10.2 Å². The van der Waals surface area contributed by atoms with Crippen LogP contribution in [0.15, 0.2) is 30.3 Å². The second kappa shape index (κ2) is 14.5. The Morgan fingerprint density at radius 3 is 2.82 bits per heavy atom. The van der Waals surface area contributed by atoms with Crippen molar-refractivity contribution in [2.45, 2.75) is 95.9 Å². The van der Waals surface area contributed by atoms with Crippen LogP contribution in [0.2, 0.25) is 25.7 Å². The lowest BCUT2D eigenvalue weighted by Crippen LogP contribution is -2.52. The van der Waals surface area contributed by atoms with E-state index in [9.17, 15) is 14.4 Å². The van der Waals surface area contributed by atoms with Crippen molar-refractivity contribution in [2.24, 2.45) is 0 Å². The molecular formula is C29H44N2O6Si. The normalized spacial score (nSPS) is 24.1. The standard InChI is InChI=1S/C29H44N2O6Si/c1-5-6-14-25-27(32)31-20-24(19-26(31)28(33)35-16-17-38(2,3)4)37-21-23-13-10-12-22(18-23)11-8-7-9-15-36-29(34)30-25/h8,10-13,18,24-26H,5-7,9,14-17,19-21H2,1-4H3,(H,30,34)/b11-8-/t24-,25+,26+/m1/s1. The molecule has 0 saturated carbocycles. The molecule has 2 amide bonds. The Kier molecular flexibility index (Phi) is 11.4. The lowest BCUT2D eigenvalue weighted by molar-refractivity contribution is -0.153. The summed E-state index contributed by atoms with van der Waals surface area (Å²) < 4.78 is 17.2. The number of alkyl carbamates (subject to hydrolysis) is 1. The second-order valence-corrected chi connectivity index (χ2v) is 17.0. The van der Waals surface area contributed by atoms with Crippen LogP contribution in [0.4, 0.5) is 4.79 Å². The van der Waals surface area contributed by atoms with Crippen LogP contribution >= 0.6 is 0 Å². The minimum absolute atomic E-state index is 0.260. The maximum Gasteiger partial charge on any atom is 0.407 e. The molecule has 0 spiro atoms. The van der Waals surface area contributed by atoms with Crippen LogP contribution in [0.5, 0.6) is 0 Å². The van der Waals surface area contributed by atoms with Crippen LogP contribution in [0.1, 0.15) is 56.6 Å². The zero-order valence-electron chi connectivity index (χ0n) is 23.4. The van der Waals surface area contributed by atoms with E-state index < -0.39 is 32.2 Å². The number of hydrogen-bond donors (Lipinski definition) is 1. The Hall–Kier alpha value is -2.65. The molecule has 1 fully saturated rings. The maximum absolute atomic E-state index is 13.7. The van der Waals surface area contributed by atoms with Gasteiger partial charge in [-0.3, -0.25) is 4.79 Å². The van der Waals surface area contributed by atoms with Crippen molar-refractivity contribution in [3.8, 4) is 0 Å². The van der Waals surface area contributed by atoms with E-state index in [1.165, 1.54) is 0 Å².